The van der Waals surface area contributed by atoms with Gasteiger partial charge in [0, 0.05) is 4.88 Å². The summed E-state index contributed by atoms with van der Waals surface area (Å²) in [7, 11) is 0. The molecule has 0 amide bonds. The summed E-state index contributed by atoms with van der Waals surface area (Å²) in [4.78, 5) is 1.25. The molecule has 2 aromatic rings. The zero-order valence-electron chi connectivity index (χ0n) is 7.25. The SMILES string of the molecule is Cc1cc(-c2cccc(F)c2)cs1. The maximum absolute atomic E-state index is 12.9. The molecule has 0 bridgehead atoms. The van der Waals surface area contributed by atoms with Crippen molar-refractivity contribution in [3.05, 3.63) is 46.4 Å². The maximum atomic E-state index is 12.9. The van der Waals surface area contributed by atoms with Crippen molar-refractivity contribution in [1.82, 2.24) is 0 Å². The second-order valence-corrected chi connectivity index (χ2v) is 4.07. The van der Waals surface area contributed by atoms with Crippen molar-refractivity contribution >= 4 is 11.3 Å². The van der Waals surface area contributed by atoms with Crippen LogP contribution in [0.1, 0.15) is 4.88 Å². The van der Waals surface area contributed by atoms with Gasteiger partial charge in [-0.2, -0.15) is 0 Å². The highest BCUT2D eigenvalue weighted by Crippen LogP contribution is 2.25. The molecule has 2 rings (SSSR count). The molecule has 13 heavy (non-hydrogen) atoms. The minimum Gasteiger partial charge on any atom is -0.207 e. The van der Waals surface area contributed by atoms with Crippen molar-refractivity contribution in [3.63, 3.8) is 0 Å². The normalized spacial score (nSPS) is 10.3. The molecule has 0 unspecified atom stereocenters. The smallest absolute Gasteiger partial charge is 0.123 e. The summed E-state index contributed by atoms with van der Waals surface area (Å²) in [5.74, 6) is -0.179. The van der Waals surface area contributed by atoms with Crippen LogP contribution < -0.4 is 0 Å². The van der Waals surface area contributed by atoms with Crippen molar-refractivity contribution in [2.45, 2.75) is 6.92 Å². The Bertz CT molecular complexity index is 418. The van der Waals surface area contributed by atoms with Gasteiger partial charge in [0.15, 0.2) is 0 Å². The fraction of sp³-hybridized carbons (Fsp3) is 0.0909. The Labute approximate surface area is 80.7 Å². The molecule has 0 spiro atoms. The minimum atomic E-state index is -0.179. The topological polar surface area (TPSA) is 0 Å². The van der Waals surface area contributed by atoms with Crippen molar-refractivity contribution in [3.8, 4) is 11.1 Å². The van der Waals surface area contributed by atoms with E-state index in [1.165, 1.54) is 10.9 Å². The van der Waals surface area contributed by atoms with E-state index < -0.39 is 0 Å². The van der Waals surface area contributed by atoms with E-state index in [0.29, 0.717) is 0 Å². The fourth-order valence-electron chi connectivity index (χ4n) is 1.26. The quantitative estimate of drug-likeness (QED) is 0.643. The first-order valence-corrected chi connectivity index (χ1v) is 4.95. The average molecular weight is 192 g/mol. The van der Waals surface area contributed by atoms with E-state index in [2.05, 4.69) is 6.07 Å². The van der Waals surface area contributed by atoms with Crippen LogP contribution in [0.2, 0.25) is 0 Å². The Hall–Kier alpha value is -1.15. The van der Waals surface area contributed by atoms with Crippen LogP contribution in [0.15, 0.2) is 35.7 Å². The largest absolute Gasteiger partial charge is 0.207 e. The molecule has 0 aliphatic heterocycles. The minimum absolute atomic E-state index is 0.179. The van der Waals surface area contributed by atoms with Crippen molar-refractivity contribution in [2.24, 2.45) is 0 Å². The molecule has 0 atom stereocenters. The number of benzene rings is 1. The van der Waals surface area contributed by atoms with E-state index >= 15 is 0 Å². The van der Waals surface area contributed by atoms with Crippen LogP contribution in [0.5, 0.6) is 0 Å². The first-order valence-electron chi connectivity index (χ1n) is 4.07. The lowest BCUT2D eigenvalue weighted by molar-refractivity contribution is 0.628. The first kappa shape index (κ1) is 8.45. The number of rotatable bonds is 1. The second kappa shape index (κ2) is 3.30. The van der Waals surface area contributed by atoms with Crippen molar-refractivity contribution in [1.29, 1.82) is 0 Å². The second-order valence-electron chi connectivity index (χ2n) is 2.96. The first-order chi connectivity index (χ1) is 6.25. The Morgan fingerprint density at radius 1 is 1.15 bits per heavy atom. The summed E-state index contributed by atoms with van der Waals surface area (Å²) < 4.78 is 12.9. The van der Waals surface area contributed by atoms with E-state index in [4.69, 9.17) is 0 Å². The summed E-state index contributed by atoms with van der Waals surface area (Å²) >= 11 is 1.68. The molecular formula is C11H9FS. The third-order valence-corrected chi connectivity index (χ3v) is 2.75. The number of halogens is 1. The predicted molar refractivity (Wildman–Crippen MR) is 54.5 cm³/mol. The zero-order valence-corrected chi connectivity index (χ0v) is 8.07. The molecule has 0 aliphatic rings. The number of aryl methyl sites for hydroxylation is 1. The lowest BCUT2D eigenvalue weighted by Gasteiger charge is -1.96. The van der Waals surface area contributed by atoms with Crippen molar-refractivity contribution < 1.29 is 4.39 Å². The molecular weight excluding hydrogens is 183 g/mol. The Morgan fingerprint density at radius 3 is 2.62 bits per heavy atom. The Balaban J connectivity index is 2.46. The lowest BCUT2D eigenvalue weighted by Crippen LogP contribution is -1.75. The molecule has 0 nitrogen and oxygen atoms in total. The number of thiophene rings is 1. The van der Waals surface area contributed by atoms with E-state index in [9.17, 15) is 4.39 Å². The van der Waals surface area contributed by atoms with Gasteiger partial charge in [-0.1, -0.05) is 12.1 Å². The molecule has 0 fully saturated rings. The van der Waals surface area contributed by atoms with Crippen LogP contribution in [0.25, 0.3) is 11.1 Å². The highest BCUT2D eigenvalue weighted by Gasteiger charge is 2.00. The van der Waals surface area contributed by atoms with Gasteiger partial charge in [-0.05, 0) is 41.6 Å². The molecule has 0 aliphatic carbocycles. The highest BCUT2D eigenvalue weighted by atomic mass is 32.1. The summed E-state index contributed by atoms with van der Waals surface area (Å²) in [6.07, 6.45) is 0. The van der Waals surface area contributed by atoms with Crippen LogP contribution in [0.4, 0.5) is 4.39 Å². The third kappa shape index (κ3) is 1.78. The van der Waals surface area contributed by atoms with E-state index in [-0.39, 0.29) is 5.82 Å². The van der Waals surface area contributed by atoms with E-state index in [1.54, 1.807) is 23.5 Å². The highest BCUT2D eigenvalue weighted by molar-refractivity contribution is 7.10. The van der Waals surface area contributed by atoms with Gasteiger partial charge < -0.3 is 0 Å². The van der Waals surface area contributed by atoms with Gasteiger partial charge in [0.1, 0.15) is 5.82 Å². The molecule has 0 N–H and O–H groups in total. The van der Waals surface area contributed by atoms with Crippen LogP contribution in [0, 0.1) is 12.7 Å². The summed E-state index contributed by atoms with van der Waals surface area (Å²) in [6.45, 7) is 2.05. The number of hydrogen-bond donors (Lipinski definition) is 0. The average Bonchev–Trinajstić information content (AvgIpc) is 2.52. The van der Waals surface area contributed by atoms with Gasteiger partial charge in [-0.15, -0.1) is 11.3 Å². The Morgan fingerprint density at radius 2 is 2.00 bits per heavy atom. The van der Waals surface area contributed by atoms with E-state index in [1.807, 2.05) is 18.4 Å². The monoisotopic (exact) mass is 192 g/mol. The van der Waals surface area contributed by atoms with Gasteiger partial charge >= 0.3 is 0 Å². The molecule has 66 valence electrons. The molecule has 0 saturated carbocycles. The van der Waals surface area contributed by atoms with Gasteiger partial charge in [0.05, 0.1) is 0 Å². The van der Waals surface area contributed by atoms with Gasteiger partial charge in [0.25, 0.3) is 0 Å². The summed E-state index contributed by atoms with van der Waals surface area (Å²) in [5, 5.41) is 2.05. The third-order valence-electron chi connectivity index (χ3n) is 1.89. The van der Waals surface area contributed by atoms with Gasteiger partial charge in [-0.3, -0.25) is 0 Å². The van der Waals surface area contributed by atoms with Crippen molar-refractivity contribution in [2.75, 3.05) is 0 Å². The molecule has 2 heteroatoms. The number of hydrogen-bond acceptors (Lipinski definition) is 1. The fourth-order valence-corrected chi connectivity index (χ4v) is 1.97. The van der Waals surface area contributed by atoms with Crippen LogP contribution in [-0.4, -0.2) is 0 Å². The lowest BCUT2D eigenvalue weighted by atomic mass is 10.1. The maximum Gasteiger partial charge on any atom is 0.123 e. The molecule has 1 heterocycles. The molecule has 0 saturated heterocycles. The Kier molecular flexibility index (Phi) is 2.15. The molecule has 0 radical (unpaired) electrons. The van der Waals surface area contributed by atoms with Crippen LogP contribution >= 0.6 is 11.3 Å². The van der Waals surface area contributed by atoms with E-state index in [0.717, 1.165) is 11.1 Å². The van der Waals surface area contributed by atoms with Gasteiger partial charge in [0.2, 0.25) is 0 Å². The zero-order chi connectivity index (χ0) is 9.26. The molecule has 1 aromatic carbocycles. The standard InChI is InChI=1S/C11H9FS/c1-8-5-10(7-13-8)9-3-2-4-11(12)6-9/h2-7H,1H3. The van der Waals surface area contributed by atoms with Crippen LogP contribution in [-0.2, 0) is 0 Å². The predicted octanol–water partition coefficient (Wildman–Crippen LogP) is 3.86. The van der Waals surface area contributed by atoms with Gasteiger partial charge in [-0.25, -0.2) is 4.39 Å². The summed E-state index contributed by atoms with van der Waals surface area (Å²) in [6, 6.07) is 8.74. The molecule has 1 aromatic heterocycles. The van der Waals surface area contributed by atoms with Crippen LogP contribution in [0.3, 0.4) is 0 Å². The summed E-state index contributed by atoms with van der Waals surface area (Å²) in [5.41, 5.74) is 2.05.